The second kappa shape index (κ2) is 2.82. The Morgan fingerprint density at radius 1 is 1.12 bits per heavy atom. The van der Waals surface area contributed by atoms with Gasteiger partial charge in [-0.3, -0.25) is 0 Å². The molecule has 16 heavy (non-hydrogen) atoms. The molecule has 0 amide bonds. The van der Waals surface area contributed by atoms with E-state index in [9.17, 15) is 0 Å². The summed E-state index contributed by atoms with van der Waals surface area (Å²) in [6.45, 7) is 0. The molecular weight excluding hydrogens is 200 g/mol. The van der Waals surface area contributed by atoms with Crippen molar-refractivity contribution in [2.24, 2.45) is 17.8 Å². The van der Waals surface area contributed by atoms with Gasteiger partial charge < -0.3 is 10.3 Å². The summed E-state index contributed by atoms with van der Waals surface area (Å²) in [4.78, 5) is 0. The summed E-state index contributed by atoms with van der Waals surface area (Å²) >= 11 is 0. The molecule has 0 unspecified atom stereocenters. The third-order valence-corrected chi connectivity index (χ3v) is 5.11. The molecule has 0 spiro atoms. The molecule has 4 fully saturated rings. The van der Waals surface area contributed by atoms with Gasteiger partial charge in [-0.1, -0.05) is 5.16 Å². The normalized spacial score (nSPS) is 45.1. The largest absolute Gasteiger partial charge is 0.368 e. The Kier molecular flexibility index (Phi) is 1.60. The Bertz CT molecular complexity index is 388. The van der Waals surface area contributed by atoms with Gasteiger partial charge in [-0.25, -0.2) is 0 Å². The summed E-state index contributed by atoms with van der Waals surface area (Å²) in [5.41, 5.74) is 7.14. The first-order valence-corrected chi connectivity index (χ1v) is 6.46. The first-order valence-electron chi connectivity index (χ1n) is 6.46. The quantitative estimate of drug-likeness (QED) is 0.788. The SMILES string of the molecule is Nc1cc(C23CC4CC(CC(C4)C2)C3)no1. The Morgan fingerprint density at radius 2 is 1.69 bits per heavy atom. The highest BCUT2D eigenvalue weighted by Crippen LogP contribution is 2.60. The minimum atomic E-state index is 0.329. The lowest BCUT2D eigenvalue weighted by atomic mass is 9.49. The second-order valence-corrected chi connectivity index (χ2v) is 6.31. The Labute approximate surface area is 95.4 Å². The molecule has 0 radical (unpaired) electrons. The molecule has 4 aliphatic rings. The van der Waals surface area contributed by atoms with Crippen LogP contribution in [0, 0.1) is 17.8 Å². The molecule has 0 aromatic carbocycles. The molecular formula is C13H18N2O. The fourth-order valence-electron chi connectivity index (χ4n) is 4.96. The van der Waals surface area contributed by atoms with Crippen LogP contribution in [-0.2, 0) is 5.41 Å². The zero-order chi connectivity index (χ0) is 10.8. The highest BCUT2D eigenvalue weighted by molar-refractivity contribution is 5.31. The molecule has 0 saturated heterocycles. The van der Waals surface area contributed by atoms with E-state index >= 15 is 0 Å². The number of hydrogen-bond donors (Lipinski definition) is 1. The predicted octanol–water partition coefficient (Wildman–Crippen LogP) is 2.72. The molecule has 86 valence electrons. The van der Waals surface area contributed by atoms with E-state index in [-0.39, 0.29) is 0 Å². The van der Waals surface area contributed by atoms with E-state index in [4.69, 9.17) is 10.3 Å². The Hall–Kier alpha value is -0.990. The number of nitrogens with zero attached hydrogens (tertiary/aromatic N) is 1. The van der Waals surface area contributed by atoms with Crippen LogP contribution in [0.5, 0.6) is 0 Å². The monoisotopic (exact) mass is 218 g/mol. The molecule has 5 rings (SSSR count). The van der Waals surface area contributed by atoms with Crippen molar-refractivity contribution in [3.05, 3.63) is 11.8 Å². The Balaban J connectivity index is 1.76. The van der Waals surface area contributed by atoms with Crippen molar-refractivity contribution in [3.63, 3.8) is 0 Å². The molecule has 1 heterocycles. The number of anilines is 1. The number of rotatable bonds is 1. The number of nitrogen functional groups attached to an aromatic ring is 1. The van der Waals surface area contributed by atoms with Crippen LogP contribution in [0.25, 0.3) is 0 Å². The highest BCUT2D eigenvalue weighted by atomic mass is 16.5. The maximum Gasteiger partial charge on any atom is 0.222 e. The van der Waals surface area contributed by atoms with Gasteiger partial charge in [0.05, 0.1) is 5.69 Å². The second-order valence-electron chi connectivity index (χ2n) is 6.31. The smallest absolute Gasteiger partial charge is 0.222 e. The average molecular weight is 218 g/mol. The third kappa shape index (κ3) is 1.12. The van der Waals surface area contributed by atoms with Crippen molar-refractivity contribution in [1.82, 2.24) is 5.16 Å². The van der Waals surface area contributed by atoms with Gasteiger partial charge in [0.15, 0.2) is 0 Å². The van der Waals surface area contributed by atoms with E-state index in [2.05, 4.69) is 5.16 Å². The van der Waals surface area contributed by atoms with Crippen LogP contribution in [0.15, 0.2) is 10.6 Å². The van der Waals surface area contributed by atoms with Crippen LogP contribution in [0.1, 0.15) is 44.2 Å². The molecule has 4 aliphatic carbocycles. The van der Waals surface area contributed by atoms with E-state index < -0.39 is 0 Å². The number of hydrogen-bond acceptors (Lipinski definition) is 3. The highest BCUT2D eigenvalue weighted by Gasteiger charge is 2.52. The Morgan fingerprint density at radius 3 is 2.12 bits per heavy atom. The standard InChI is InChI=1S/C13H18N2O/c14-12-4-11(15-16-12)13-5-8-1-9(6-13)3-10(2-8)7-13/h4,8-10H,1-3,5-7,14H2. The summed E-state index contributed by atoms with van der Waals surface area (Å²) in [5.74, 6) is 3.32. The van der Waals surface area contributed by atoms with Gasteiger partial charge in [0.1, 0.15) is 0 Å². The van der Waals surface area contributed by atoms with Gasteiger partial charge in [-0.05, 0) is 56.3 Å². The number of aromatic nitrogens is 1. The first kappa shape index (κ1) is 9.08. The van der Waals surface area contributed by atoms with Gasteiger partial charge in [-0.15, -0.1) is 0 Å². The molecule has 2 N–H and O–H groups in total. The molecule has 4 saturated carbocycles. The molecule has 1 aromatic heterocycles. The average Bonchev–Trinajstić information content (AvgIpc) is 2.63. The van der Waals surface area contributed by atoms with Gasteiger partial charge in [-0.2, -0.15) is 0 Å². The first-order chi connectivity index (χ1) is 7.73. The van der Waals surface area contributed by atoms with Gasteiger partial charge in [0, 0.05) is 11.5 Å². The summed E-state index contributed by atoms with van der Waals surface area (Å²) in [6.07, 6.45) is 8.37. The lowest BCUT2D eigenvalue weighted by Gasteiger charge is -2.56. The van der Waals surface area contributed by atoms with Crippen LogP contribution in [0.4, 0.5) is 5.88 Å². The molecule has 0 aliphatic heterocycles. The van der Waals surface area contributed by atoms with E-state index in [1.165, 1.54) is 38.5 Å². The third-order valence-electron chi connectivity index (χ3n) is 5.11. The minimum Gasteiger partial charge on any atom is -0.368 e. The fraction of sp³-hybridized carbons (Fsp3) is 0.769. The van der Waals surface area contributed by atoms with Crippen LogP contribution < -0.4 is 5.73 Å². The van der Waals surface area contributed by atoms with Crippen LogP contribution in [0.3, 0.4) is 0 Å². The van der Waals surface area contributed by atoms with Gasteiger partial charge in [0.2, 0.25) is 5.88 Å². The molecule has 3 nitrogen and oxygen atoms in total. The maximum atomic E-state index is 5.67. The zero-order valence-corrected chi connectivity index (χ0v) is 9.48. The van der Waals surface area contributed by atoms with E-state index in [0.29, 0.717) is 11.3 Å². The summed E-state index contributed by atoms with van der Waals surface area (Å²) in [6, 6.07) is 1.97. The summed E-state index contributed by atoms with van der Waals surface area (Å²) in [5, 5.41) is 4.21. The van der Waals surface area contributed by atoms with Crippen molar-refractivity contribution >= 4 is 5.88 Å². The van der Waals surface area contributed by atoms with Gasteiger partial charge in [0.25, 0.3) is 0 Å². The van der Waals surface area contributed by atoms with E-state index in [1.54, 1.807) is 0 Å². The van der Waals surface area contributed by atoms with Crippen molar-refractivity contribution in [3.8, 4) is 0 Å². The lowest BCUT2D eigenvalue weighted by Crippen LogP contribution is -2.48. The minimum absolute atomic E-state index is 0.329. The van der Waals surface area contributed by atoms with E-state index in [0.717, 1.165) is 23.4 Å². The van der Waals surface area contributed by atoms with Crippen molar-refractivity contribution in [2.75, 3.05) is 5.73 Å². The lowest BCUT2D eigenvalue weighted by molar-refractivity contribution is -0.00844. The van der Waals surface area contributed by atoms with Crippen molar-refractivity contribution < 1.29 is 4.52 Å². The van der Waals surface area contributed by atoms with Crippen LogP contribution >= 0.6 is 0 Å². The molecule has 4 bridgehead atoms. The van der Waals surface area contributed by atoms with Crippen molar-refractivity contribution in [2.45, 2.75) is 43.9 Å². The summed E-state index contributed by atoms with van der Waals surface area (Å²) < 4.78 is 5.08. The number of nitrogens with two attached hydrogens (primary N) is 1. The fourth-order valence-corrected chi connectivity index (χ4v) is 4.96. The molecule has 1 aromatic rings. The predicted molar refractivity (Wildman–Crippen MR) is 60.8 cm³/mol. The topological polar surface area (TPSA) is 52.0 Å². The molecule has 3 heteroatoms. The summed E-state index contributed by atoms with van der Waals surface area (Å²) in [7, 11) is 0. The van der Waals surface area contributed by atoms with Gasteiger partial charge >= 0.3 is 0 Å². The van der Waals surface area contributed by atoms with Crippen LogP contribution in [0.2, 0.25) is 0 Å². The van der Waals surface area contributed by atoms with E-state index in [1.807, 2.05) is 6.07 Å². The zero-order valence-electron chi connectivity index (χ0n) is 9.48. The van der Waals surface area contributed by atoms with Crippen molar-refractivity contribution in [1.29, 1.82) is 0 Å². The maximum absolute atomic E-state index is 5.67. The van der Waals surface area contributed by atoms with Crippen LogP contribution in [-0.4, -0.2) is 5.16 Å². The molecule has 0 atom stereocenters.